The number of aromatic amines is 5. The number of nitrogens with zero attached hydrogens (tertiary/aromatic N) is 11. The summed E-state index contributed by atoms with van der Waals surface area (Å²) >= 11 is 37.7. The minimum atomic E-state index is -5.10. The van der Waals surface area contributed by atoms with Crippen molar-refractivity contribution in [3.8, 4) is 0 Å². The predicted octanol–water partition coefficient (Wildman–Crippen LogP) is -3.54. The molecule has 0 amide bonds. The lowest BCUT2D eigenvalue weighted by atomic mass is 10.1. The van der Waals surface area contributed by atoms with E-state index in [1.54, 1.807) is 6.92 Å². The van der Waals surface area contributed by atoms with Gasteiger partial charge in [0.25, 0.3) is 27.8 Å². The van der Waals surface area contributed by atoms with Crippen LogP contribution in [0.4, 0.5) is 17.6 Å². The van der Waals surface area contributed by atoms with Crippen LogP contribution >= 0.6 is 47.1 Å². The van der Waals surface area contributed by atoms with Crippen LogP contribution in [0, 0.1) is 41.5 Å². The van der Waals surface area contributed by atoms with Gasteiger partial charge in [-0.2, -0.15) is 15.0 Å². The molecule has 15 heterocycles. The first kappa shape index (κ1) is 112. The largest absolute Gasteiger partial charge is 0.780 e. The number of H-pyrrole nitrogens is 5. The summed E-state index contributed by atoms with van der Waals surface area (Å²) in [4.78, 5) is 256. The van der Waals surface area contributed by atoms with Crippen molar-refractivity contribution in [3.63, 3.8) is 0 Å². The molecule has 792 valence electrons. The van der Waals surface area contributed by atoms with E-state index in [1.807, 2.05) is 0 Å². The standard InChI is InChI=1S/C72H98N19O39P7S7/c1-9-36-37(10-50(117-36)87-19-32(4)61(92)81-69(87)99)125-132(104,139)111-24-45-39(11-51(118-45)85-17-30(2)58(73)77-67(85)97)126-134(106,141)113-25-46-40(12-52(119-46)86-18-31(3)59(74)78-68(86)98)127-135(107,142)114-26-48-42(14-54(121-48)89-21-34(6)63(94)83-71(89)101)129-137(109,144)116-28-49-43(15-55(122-49)90-22-35(7)64(95)84-72(90)102)130-136(108,143)115-27-47-41(13-53(120-47)88-20-33(5)62(93)82-70(88)100)128-133(105,140)112-23-44-38(124-131(103,138)110-8)16-56(123-44)91-29-76-57-60(91)79-66(75)80-65(57)96/h17-22,29,36-56H,9-16,23-28H2,1-8H3,(H,103,138)(H,104,139)(H,105,140)(H,106,141)(H,107,142)(H,108,143)(H,109,144)(H2,73,77,97)(H2,74,78,98)(H,81,92,99)(H,82,93,100)(H,83,94,101)(H,84,95,102)(H3,75,79,80,96)/p-7/t36-,37-,38-,39-,40-,41-,42-,43-,44-,45-,46-,47-,48-,49-,50-,51-,52-,53-,54-,55-,56-,131?,132?,133?,134?,135?,136?,137?/m1/s1. The molecule has 7 fully saturated rings. The van der Waals surface area contributed by atoms with Crippen molar-refractivity contribution in [2.45, 2.75) is 229 Å². The minimum absolute atomic E-state index is 0.0155. The zero-order valence-electron chi connectivity index (χ0n) is 76.1. The van der Waals surface area contributed by atoms with Crippen LogP contribution in [0.5, 0.6) is 0 Å². The third kappa shape index (κ3) is 26.8. The first-order valence-electron chi connectivity index (χ1n) is 43.2. The molecule has 58 nitrogen and oxygen atoms in total. The highest BCUT2D eigenvalue weighted by atomic mass is 32.7. The van der Waals surface area contributed by atoms with Gasteiger partial charge in [0.1, 0.15) is 132 Å². The second-order valence-electron chi connectivity index (χ2n) is 33.7. The third-order valence-corrected chi connectivity index (χ3v) is 34.8. The van der Waals surface area contributed by atoms with Gasteiger partial charge in [-0.1, -0.05) is 77.8 Å². The van der Waals surface area contributed by atoms with Gasteiger partial charge in [0.15, 0.2) is 18.0 Å². The van der Waals surface area contributed by atoms with Gasteiger partial charge in [0.2, 0.25) is 5.95 Å². The SMILES string of the molecule is CC[C@H]1O[C@@H](n2cc(C)c(=O)[nH]c2=O)C[C@H]1OP([O-])(=S)OC[C@H]1O[C@@H](n2cc(C)c(N)nc2=O)C[C@H]1OP(=O)([S-])OC[C@H]1O[C@@H](n2cc(C)c(N)nc2=O)C[C@H]1OP([O-])(=S)OC[C@H]1O[C@@H](n2cc(C)c(=O)[nH]c2=O)C[C@H]1OP([O-])(=S)OC[C@H]1O[C@@H](n2cc(C)c(=O)[nH]c2=O)C[C@H]1OP([O-])(=S)OC[C@H]1O[C@@H](n2cc(C)c(=O)[nH]c2=O)C[C@H]1OP([O-])(=S)OC[C@H]1O[C@@H](n2cnc3c(=O)[nH]c(N)nc32)C[C@H]1OP([O-])(=S)OC. The number of ether oxygens (including phenoxy) is 7. The van der Waals surface area contributed by atoms with E-state index in [-0.39, 0.29) is 82.2 Å². The van der Waals surface area contributed by atoms with Gasteiger partial charge in [-0.15, -0.1) is 0 Å². The first-order chi connectivity index (χ1) is 67.5. The fraction of sp³-hybridized carbons (Fsp3) is 0.597. The Bertz CT molecular complexity index is 7310. The molecule has 72 heteroatoms. The zero-order chi connectivity index (χ0) is 104. The van der Waals surface area contributed by atoms with Crippen LogP contribution in [0.2, 0.25) is 0 Å². The minimum Gasteiger partial charge on any atom is -0.780 e. The topological polar surface area (TPSA) is 780 Å². The molecule has 15 rings (SSSR count). The summed E-state index contributed by atoms with van der Waals surface area (Å²) in [5.41, 5.74) is 8.89. The number of nitrogens with one attached hydrogen (secondary N) is 5. The maximum atomic E-state index is 14.9. The Morgan fingerprint density at radius 1 is 0.361 bits per heavy atom. The second kappa shape index (κ2) is 44.9. The van der Waals surface area contributed by atoms with Crippen molar-refractivity contribution >= 4 is 159 Å². The quantitative estimate of drug-likeness (QED) is 0.0136. The van der Waals surface area contributed by atoms with E-state index in [2.05, 4.69) is 44.9 Å². The number of anilines is 3. The van der Waals surface area contributed by atoms with E-state index in [9.17, 15) is 86.7 Å². The lowest BCUT2D eigenvalue weighted by Gasteiger charge is -2.36. The molecule has 0 radical (unpaired) electrons. The van der Waals surface area contributed by atoms with Crippen LogP contribution in [0.15, 0.2) is 96.2 Å². The van der Waals surface area contributed by atoms with Gasteiger partial charge < -0.3 is 155 Å². The Kier molecular flexibility index (Phi) is 34.8. The Balaban J connectivity index is 0.632. The van der Waals surface area contributed by atoms with Crippen molar-refractivity contribution in [3.05, 3.63) is 192 Å². The average molecular weight is 2290 g/mol. The smallest absolute Gasteiger partial charge is 0.351 e. The highest BCUT2D eigenvalue weighted by Gasteiger charge is 2.49. The van der Waals surface area contributed by atoms with Gasteiger partial charge in [-0.05, 0) is 48.0 Å². The molecule has 7 aliphatic rings. The van der Waals surface area contributed by atoms with Gasteiger partial charge in [0, 0.05) is 123 Å². The Hall–Kier alpha value is -6.37. The fourth-order valence-electron chi connectivity index (χ4n) is 16.4. The normalized spacial score (nSPS) is 29.6. The van der Waals surface area contributed by atoms with Crippen LogP contribution in [0.1, 0.15) is 135 Å². The lowest BCUT2D eigenvalue weighted by molar-refractivity contribution is -0.221. The van der Waals surface area contributed by atoms with Crippen molar-refractivity contribution in [1.29, 1.82) is 0 Å². The first-order valence-corrected chi connectivity index (χ1v) is 61.1. The number of aromatic nitrogens is 16. The molecule has 0 bridgehead atoms. The number of nitrogens with two attached hydrogens (primary N) is 3. The third-order valence-electron chi connectivity index (χ3n) is 23.7. The van der Waals surface area contributed by atoms with Crippen molar-refractivity contribution in [2.75, 3.05) is 64.0 Å². The highest BCUT2D eigenvalue weighted by Crippen LogP contribution is 2.57. The molecule has 7 unspecified atom stereocenters. The Morgan fingerprint density at radius 3 is 0.903 bits per heavy atom. The predicted molar refractivity (Wildman–Crippen MR) is 510 cm³/mol. The summed E-state index contributed by atoms with van der Waals surface area (Å²) < 4.78 is 146. The summed E-state index contributed by atoms with van der Waals surface area (Å²) in [5.74, 6) is -0.567. The summed E-state index contributed by atoms with van der Waals surface area (Å²) in [7, 11) is 1.02. The molecule has 0 aliphatic carbocycles. The van der Waals surface area contributed by atoms with E-state index >= 15 is 0 Å². The number of fused-ring (bicyclic) bond motifs is 1. The number of hydrogen-bond donors (Lipinski definition) is 8. The van der Waals surface area contributed by atoms with Gasteiger partial charge in [-0.3, -0.25) is 85.4 Å². The van der Waals surface area contributed by atoms with E-state index in [1.165, 1.54) is 71.0 Å². The number of aryl methyl sites for hydroxylation is 6. The lowest BCUT2D eigenvalue weighted by Crippen LogP contribution is -2.35. The van der Waals surface area contributed by atoms with Crippen molar-refractivity contribution in [1.82, 2.24) is 76.8 Å². The van der Waals surface area contributed by atoms with Crippen molar-refractivity contribution < 1.29 is 130 Å². The molecular weight excluding hydrogens is 2200 g/mol. The zero-order valence-corrected chi connectivity index (χ0v) is 88.1. The van der Waals surface area contributed by atoms with E-state index in [0.717, 1.165) is 53.1 Å². The maximum absolute atomic E-state index is 14.9. The van der Waals surface area contributed by atoms with E-state index < -0.39 is 303 Å². The molecule has 11 N–H and O–H groups in total. The molecule has 28 atom stereocenters. The molecule has 8 aromatic heterocycles. The number of rotatable bonds is 41. The molecule has 0 saturated carbocycles. The van der Waals surface area contributed by atoms with E-state index in [4.69, 9.17) is 197 Å². The maximum Gasteiger partial charge on any atom is 0.351 e. The van der Waals surface area contributed by atoms with Crippen LogP contribution in [-0.2, 0) is 184 Å². The average Bonchev–Trinajstić information content (AvgIpc) is 1.62. The molecule has 144 heavy (non-hydrogen) atoms. The summed E-state index contributed by atoms with van der Waals surface area (Å²) in [6, 6.07) is 0. The summed E-state index contributed by atoms with van der Waals surface area (Å²) in [6.45, 7) is -29.0. The second-order valence-corrected chi connectivity index (χ2v) is 52.8. The fourth-order valence-corrected chi connectivity index (χ4v) is 26.2. The highest BCUT2D eigenvalue weighted by molar-refractivity contribution is 8.32. The number of imidazole rings is 1. The van der Waals surface area contributed by atoms with Crippen LogP contribution in [-0.4, -0.2) is 209 Å². The van der Waals surface area contributed by atoms with Crippen molar-refractivity contribution in [2.24, 2.45) is 0 Å². The van der Waals surface area contributed by atoms with Crippen LogP contribution in [0.3, 0.4) is 0 Å². The Labute approximate surface area is 845 Å². The number of hydrogen-bond acceptors (Lipinski definition) is 53. The molecule has 0 spiro atoms. The summed E-state index contributed by atoms with van der Waals surface area (Å²) in [6.07, 6.45) is -23.8. The van der Waals surface area contributed by atoms with Gasteiger partial charge in [-0.25, -0.2) is 33.8 Å². The summed E-state index contributed by atoms with van der Waals surface area (Å²) in [5, 5.41) is 0. The molecule has 8 aromatic rings. The molecule has 0 aromatic carbocycles. The van der Waals surface area contributed by atoms with Crippen LogP contribution < -0.4 is 108 Å². The Morgan fingerprint density at radius 2 is 0.611 bits per heavy atom. The molecular formula is C72H91N19O39P7S7-7. The number of nitrogen functional groups attached to an aromatic ring is 3. The molecule has 7 aliphatic heterocycles. The monoisotopic (exact) mass is 2290 g/mol. The molecule has 7 saturated heterocycles. The van der Waals surface area contributed by atoms with Gasteiger partial charge >= 0.3 is 34.1 Å². The van der Waals surface area contributed by atoms with E-state index in [0.29, 0.717) is 5.56 Å². The van der Waals surface area contributed by atoms with Gasteiger partial charge in [0.05, 0.1) is 94.8 Å². The van der Waals surface area contributed by atoms with Crippen LogP contribution in [0.25, 0.3) is 11.2 Å².